The third kappa shape index (κ3) is 2.76. The highest BCUT2D eigenvalue weighted by atomic mass is 15.2. The zero-order valence-corrected chi connectivity index (χ0v) is 12.1. The molecule has 1 heterocycles. The van der Waals surface area contributed by atoms with E-state index in [0.29, 0.717) is 12.1 Å². The van der Waals surface area contributed by atoms with Gasteiger partial charge in [0.2, 0.25) is 0 Å². The number of nitrogens with zero attached hydrogens (tertiary/aromatic N) is 1. The molecule has 1 aromatic carbocycles. The number of benzene rings is 1. The predicted molar refractivity (Wildman–Crippen MR) is 77.5 cm³/mol. The maximum atomic E-state index is 6.25. The Labute approximate surface area is 111 Å². The Morgan fingerprint density at radius 1 is 1.22 bits per heavy atom. The van der Waals surface area contributed by atoms with Crippen LogP contribution in [0.15, 0.2) is 24.3 Å². The molecule has 18 heavy (non-hydrogen) atoms. The summed E-state index contributed by atoms with van der Waals surface area (Å²) in [6, 6.07) is 10.0. The molecule has 0 aromatic heterocycles. The highest BCUT2D eigenvalue weighted by Crippen LogP contribution is 2.33. The average molecular weight is 246 g/mol. The van der Waals surface area contributed by atoms with Gasteiger partial charge in [0.15, 0.2) is 0 Å². The fourth-order valence-corrected chi connectivity index (χ4v) is 3.28. The highest BCUT2D eigenvalue weighted by Gasteiger charge is 2.34. The van der Waals surface area contributed by atoms with Gasteiger partial charge >= 0.3 is 0 Å². The van der Waals surface area contributed by atoms with Crippen LogP contribution in [-0.2, 0) is 0 Å². The molecule has 0 bridgehead atoms. The summed E-state index contributed by atoms with van der Waals surface area (Å²) in [5, 5.41) is 0. The third-order valence-electron chi connectivity index (χ3n) is 4.11. The molecule has 2 heteroatoms. The van der Waals surface area contributed by atoms with Crippen LogP contribution in [0.1, 0.15) is 44.4 Å². The molecule has 0 radical (unpaired) electrons. The smallest absolute Gasteiger partial charge is 0.0499 e. The van der Waals surface area contributed by atoms with Crippen LogP contribution in [0.25, 0.3) is 0 Å². The van der Waals surface area contributed by atoms with Crippen LogP contribution in [0.2, 0.25) is 0 Å². The van der Waals surface area contributed by atoms with Gasteiger partial charge in [-0.15, -0.1) is 0 Å². The standard InChI is InChI=1S/C16H26N2/c1-11-5-7-15(8-6-11)16(14(4)17)18-10-12(2)9-13(18)3/h5-8,12-14,16H,9-10,17H2,1-4H3. The van der Waals surface area contributed by atoms with E-state index in [1.807, 2.05) is 0 Å². The first kappa shape index (κ1) is 13.6. The van der Waals surface area contributed by atoms with Crippen molar-refractivity contribution in [1.29, 1.82) is 0 Å². The number of hydrogen-bond donors (Lipinski definition) is 1. The summed E-state index contributed by atoms with van der Waals surface area (Å²) in [4.78, 5) is 2.58. The van der Waals surface area contributed by atoms with E-state index in [9.17, 15) is 0 Å². The largest absolute Gasteiger partial charge is 0.326 e. The average Bonchev–Trinajstić information content (AvgIpc) is 2.61. The molecule has 1 aromatic rings. The molecule has 2 N–H and O–H groups in total. The molecular formula is C16H26N2. The van der Waals surface area contributed by atoms with E-state index < -0.39 is 0 Å². The van der Waals surface area contributed by atoms with Crippen LogP contribution in [0.4, 0.5) is 0 Å². The van der Waals surface area contributed by atoms with Gasteiger partial charge in [-0.1, -0.05) is 36.8 Å². The molecule has 1 aliphatic rings. The summed E-state index contributed by atoms with van der Waals surface area (Å²) in [6.07, 6.45) is 1.29. The SMILES string of the molecule is Cc1ccc(C(C(C)N)N2CC(C)CC2C)cc1. The van der Waals surface area contributed by atoms with E-state index in [1.165, 1.54) is 24.1 Å². The lowest BCUT2D eigenvalue weighted by atomic mass is 9.97. The summed E-state index contributed by atoms with van der Waals surface area (Å²) in [7, 11) is 0. The van der Waals surface area contributed by atoms with Crippen molar-refractivity contribution < 1.29 is 0 Å². The molecule has 4 unspecified atom stereocenters. The Bertz CT molecular complexity index is 383. The van der Waals surface area contributed by atoms with Crippen LogP contribution in [0.5, 0.6) is 0 Å². The minimum absolute atomic E-state index is 0.167. The molecule has 1 saturated heterocycles. The minimum Gasteiger partial charge on any atom is -0.326 e. The van der Waals surface area contributed by atoms with E-state index in [0.717, 1.165) is 5.92 Å². The molecule has 0 aliphatic carbocycles. The van der Waals surface area contributed by atoms with Crippen molar-refractivity contribution >= 4 is 0 Å². The number of nitrogens with two attached hydrogens (primary N) is 1. The first-order valence-corrected chi connectivity index (χ1v) is 7.07. The van der Waals surface area contributed by atoms with Gasteiger partial charge in [0.05, 0.1) is 0 Å². The third-order valence-corrected chi connectivity index (χ3v) is 4.11. The van der Waals surface area contributed by atoms with Gasteiger partial charge in [0.1, 0.15) is 0 Å². The minimum atomic E-state index is 0.167. The zero-order chi connectivity index (χ0) is 13.3. The molecule has 0 amide bonds. The van der Waals surface area contributed by atoms with Crippen molar-refractivity contribution in [2.45, 2.75) is 52.2 Å². The second kappa shape index (κ2) is 5.41. The van der Waals surface area contributed by atoms with Gasteiger partial charge < -0.3 is 5.73 Å². The van der Waals surface area contributed by atoms with Gasteiger partial charge in [-0.05, 0) is 38.7 Å². The van der Waals surface area contributed by atoms with Gasteiger partial charge in [0, 0.05) is 24.7 Å². The van der Waals surface area contributed by atoms with Crippen molar-refractivity contribution in [1.82, 2.24) is 4.90 Å². The molecule has 4 atom stereocenters. The Balaban J connectivity index is 2.26. The summed E-state index contributed by atoms with van der Waals surface area (Å²) in [5.74, 6) is 0.784. The fourth-order valence-electron chi connectivity index (χ4n) is 3.28. The van der Waals surface area contributed by atoms with Gasteiger partial charge in [-0.25, -0.2) is 0 Å². The maximum Gasteiger partial charge on any atom is 0.0499 e. The quantitative estimate of drug-likeness (QED) is 0.888. The van der Waals surface area contributed by atoms with Crippen molar-refractivity contribution in [3.8, 4) is 0 Å². The zero-order valence-electron chi connectivity index (χ0n) is 12.1. The normalized spacial score (nSPS) is 28.3. The first-order valence-electron chi connectivity index (χ1n) is 7.07. The number of rotatable bonds is 3. The molecule has 1 fully saturated rings. The number of hydrogen-bond acceptors (Lipinski definition) is 2. The molecule has 100 valence electrons. The van der Waals surface area contributed by atoms with Crippen molar-refractivity contribution in [3.63, 3.8) is 0 Å². The summed E-state index contributed by atoms with van der Waals surface area (Å²) < 4.78 is 0. The number of aryl methyl sites for hydroxylation is 1. The summed E-state index contributed by atoms with van der Waals surface area (Å²) in [5.41, 5.74) is 8.92. The first-order chi connectivity index (χ1) is 8.49. The predicted octanol–water partition coefficient (Wildman–Crippen LogP) is 3.11. The Hall–Kier alpha value is -0.860. The van der Waals surface area contributed by atoms with E-state index in [2.05, 4.69) is 56.9 Å². The van der Waals surface area contributed by atoms with Crippen molar-refractivity contribution in [2.24, 2.45) is 11.7 Å². The lowest BCUT2D eigenvalue weighted by molar-refractivity contribution is 0.167. The Morgan fingerprint density at radius 2 is 1.83 bits per heavy atom. The van der Waals surface area contributed by atoms with E-state index in [-0.39, 0.29) is 6.04 Å². The van der Waals surface area contributed by atoms with Crippen molar-refractivity contribution in [3.05, 3.63) is 35.4 Å². The molecule has 2 rings (SSSR count). The van der Waals surface area contributed by atoms with Crippen LogP contribution in [-0.4, -0.2) is 23.5 Å². The highest BCUT2D eigenvalue weighted by molar-refractivity contribution is 5.25. The maximum absolute atomic E-state index is 6.25. The Morgan fingerprint density at radius 3 is 2.28 bits per heavy atom. The van der Waals surface area contributed by atoms with Gasteiger partial charge in [-0.2, -0.15) is 0 Å². The second-order valence-electron chi connectivity index (χ2n) is 6.10. The molecule has 1 aliphatic heterocycles. The lowest BCUT2D eigenvalue weighted by Gasteiger charge is -2.34. The second-order valence-corrected chi connectivity index (χ2v) is 6.10. The van der Waals surface area contributed by atoms with E-state index in [1.54, 1.807) is 0 Å². The monoisotopic (exact) mass is 246 g/mol. The van der Waals surface area contributed by atoms with Crippen molar-refractivity contribution in [2.75, 3.05) is 6.54 Å². The van der Waals surface area contributed by atoms with Crippen LogP contribution in [0, 0.1) is 12.8 Å². The summed E-state index contributed by atoms with van der Waals surface area (Å²) >= 11 is 0. The lowest BCUT2D eigenvalue weighted by Crippen LogP contribution is -2.41. The topological polar surface area (TPSA) is 29.3 Å². The summed E-state index contributed by atoms with van der Waals surface area (Å²) in [6.45, 7) is 10.1. The molecule has 0 spiro atoms. The van der Waals surface area contributed by atoms with Crippen LogP contribution >= 0.6 is 0 Å². The Kier molecular flexibility index (Phi) is 4.08. The van der Waals surface area contributed by atoms with Gasteiger partial charge in [-0.3, -0.25) is 4.90 Å². The number of likely N-dealkylation sites (tertiary alicyclic amines) is 1. The molecule has 2 nitrogen and oxygen atoms in total. The van der Waals surface area contributed by atoms with Crippen LogP contribution in [0.3, 0.4) is 0 Å². The fraction of sp³-hybridized carbons (Fsp3) is 0.625. The van der Waals surface area contributed by atoms with Gasteiger partial charge in [0.25, 0.3) is 0 Å². The van der Waals surface area contributed by atoms with Crippen LogP contribution < -0.4 is 5.73 Å². The molecule has 0 saturated carbocycles. The van der Waals surface area contributed by atoms with E-state index >= 15 is 0 Å². The molecular weight excluding hydrogens is 220 g/mol. The van der Waals surface area contributed by atoms with E-state index in [4.69, 9.17) is 5.73 Å².